The zero-order valence-corrected chi connectivity index (χ0v) is 10.2. The van der Waals surface area contributed by atoms with Crippen molar-refractivity contribution in [3.8, 4) is 0 Å². The maximum absolute atomic E-state index is 11.3. The molecular weight excluding hydrogens is 212 g/mol. The molecule has 2 atom stereocenters. The number of H-pyrrole nitrogens is 1. The average molecular weight is 230 g/mol. The molecule has 0 aliphatic heterocycles. The van der Waals surface area contributed by atoms with Crippen LogP contribution in [0.4, 0.5) is 0 Å². The van der Waals surface area contributed by atoms with Crippen LogP contribution in [0, 0.1) is 0 Å². The molecular formula is C9H18N4OS. The van der Waals surface area contributed by atoms with Crippen molar-refractivity contribution in [2.24, 2.45) is 5.73 Å². The molecule has 0 fully saturated rings. The molecule has 0 saturated carbocycles. The summed E-state index contributed by atoms with van der Waals surface area (Å²) in [6, 6.07) is 0.174. The van der Waals surface area contributed by atoms with Crippen LogP contribution < -0.4 is 11.4 Å². The molecule has 0 aliphatic carbocycles. The van der Waals surface area contributed by atoms with Crippen molar-refractivity contribution in [1.29, 1.82) is 0 Å². The van der Waals surface area contributed by atoms with E-state index in [-0.39, 0.29) is 11.7 Å². The van der Waals surface area contributed by atoms with E-state index in [2.05, 4.69) is 17.1 Å². The van der Waals surface area contributed by atoms with Gasteiger partial charge >= 0.3 is 5.69 Å². The Morgan fingerprint density at radius 3 is 2.80 bits per heavy atom. The van der Waals surface area contributed by atoms with Crippen LogP contribution in [0.25, 0.3) is 0 Å². The molecule has 0 amide bonds. The first-order valence-corrected chi connectivity index (χ1v) is 6.00. The lowest BCUT2D eigenvalue weighted by Crippen LogP contribution is -2.20. The summed E-state index contributed by atoms with van der Waals surface area (Å²) in [6.45, 7) is 6.64. The second-order valence-corrected chi connectivity index (χ2v) is 5.10. The first-order chi connectivity index (χ1) is 7.04. The van der Waals surface area contributed by atoms with Gasteiger partial charge in [0.05, 0.1) is 0 Å². The van der Waals surface area contributed by atoms with E-state index in [4.69, 9.17) is 5.73 Å². The summed E-state index contributed by atoms with van der Waals surface area (Å²) >= 11 is 1.58. The van der Waals surface area contributed by atoms with E-state index < -0.39 is 0 Å². The van der Waals surface area contributed by atoms with E-state index >= 15 is 0 Å². The zero-order valence-electron chi connectivity index (χ0n) is 9.36. The van der Waals surface area contributed by atoms with Crippen molar-refractivity contribution in [2.45, 2.75) is 50.2 Å². The van der Waals surface area contributed by atoms with Gasteiger partial charge in [-0.25, -0.2) is 9.89 Å². The molecule has 1 aromatic rings. The summed E-state index contributed by atoms with van der Waals surface area (Å²) in [5.74, 6) is 0. The third kappa shape index (κ3) is 3.39. The number of aromatic nitrogens is 3. The topological polar surface area (TPSA) is 76.7 Å². The van der Waals surface area contributed by atoms with Gasteiger partial charge in [-0.1, -0.05) is 18.7 Å². The molecule has 2 unspecified atom stereocenters. The Hall–Kier alpha value is -0.750. The van der Waals surface area contributed by atoms with E-state index in [0.29, 0.717) is 11.8 Å². The Labute approximate surface area is 93.4 Å². The van der Waals surface area contributed by atoms with Gasteiger partial charge in [0.1, 0.15) is 0 Å². The summed E-state index contributed by atoms with van der Waals surface area (Å²) in [4.78, 5) is 11.3. The minimum atomic E-state index is -0.145. The molecule has 0 radical (unpaired) electrons. The van der Waals surface area contributed by atoms with E-state index in [1.165, 1.54) is 0 Å². The smallest absolute Gasteiger partial charge is 0.328 e. The van der Waals surface area contributed by atoms with Gasteiger partial charge in [0.15, 0.2) is 5.16 Å². The van der Waals surface area contributed by atoms with Gasteiger partial charge in [-0.2, -0.15) is 0 Å². The van der Waals surface area contributed by atoms with Gasteiger partial charge in [0, 0.05) is 17.8 Å². The molecule has 1 heterocycles. The molecule has 6 heteroatoms. The maximum Gasteiger partial charge on any atom is 0.343 e. The fraction of sp³-hybridized carbons (Fsp3) is 0.778. The van der Waals surface area contributed by atoms with Crippen molar-refractivity contribution in [3.05, 3.63) is 10.5 Å². The molecule has 0 aliphatic rings. The number of thioether (sulfide) groups is 1. The lowest BCUT2D eigenvalue weighted by atomic mass is 10.2. The number of hydrogen-bond acceptors (Lipinski definition) is 4. The van der Waals surface area contributed by atoms with E-state index in [1.54, 1.807) is 16.3 Å². The van der Waals surface area contributed by atoms with Crippen molar-refractivity contribution in [3.63, 3.8) is 0 Å². The molecule has 3 N–H and O–H groups in total. The summed E-state index contributed by atoms with van der Waals surface area (Å²) in [5.41, 5.74) is 5.57. The van der Waals surface area contributed by atoms with Gasteiger partial charge in [-0.05, 0) is 20.3 Å². The standard InChI is InChI=1S/C9H18N4OS/c1-4-13-8(14)11-12-9(13)15-7(3)5-6(2)10/h6-7H,4-5,10H2,1-3H3,(H,11,14). The van der Waals surface area contributed by atoms with Gasteiger partial charge in [0.2, 0.25) is 0 Å². The SMILES string of the molecule is CCn1c(SC(C)CC(C)N)n[nH]c1=O. The Bertz CT molecular complexity index is 357. The zero-order chi connectivity index (χ0) is 11.4. The highest BCUT2D eigenvalue weighted by atomic mass is 32.2. The van der Waals surface area contributed by atoms with E-state index in [1.807, 2.05) is 13.8 Å². The maximum atomic E-state index is 11.3. The highest BCUT2D eigenvalue weighted by molar-refractivity contribution is 7.99. The Morgan fingerprint density at radius 1 is 1.60 bits per heavy atom. The summed E-state index contributed by atoms with van der Waals surface area (Å²) in [7, 11) is 0. The van der Waals surface area contributed by atoms with Crippen molar-refractivity contribution in [1.82, 2.24) is 14.8 Å². The first kappa shape index (κ1) is 12.3. The Balaban J connectivity index is 2.68. The van der Waals surface area contributed by atoms with Crippen molar-refractivity contribution in [2.75, 3.05) is 0 Å². The molecule has 0 bridgehead atoms. The summed E-state index contributed by atoms with van der Waals surface area (Å²) < 4.78 is 1.63. The molecule has 5 nitrogen and oxygen atoms in total. The predicted octanol–water partition coefficient (Wildman–Crippen LogP) is 0.809. The van der Waals surface area contributed by atoms with Crippen LogP contribution in [0.5, 0.6) is 0 Å². The minimum absolute atomic E-state index is 0.145. The van der Waals surface area contributed by atoms with Crippen molar-refractivity contribution >= 4 is 11.8 Å². The van der Waals surface area contributed by atoms with E-state index in [0.717, 1.165) is 11.6 Å². The van der Waals surface area contributed by atoms with Crippen LogP contribution in [-0.2, 0) is 6.54 Å². The average Bonchev–Trinajstić information content (AvgIpc) is 2.45. The molecule has 1 aromatic heterocycles. The number of nitrogens with zero attached hydrogens (tertiary/aromatic N) is 2. The quantitative estimate of drug-likeness (QED) is 0.734. The molecule has 0 aromatic carbocycles. The number of hydrogen-bond donors (Lipinski definition) is 2. The first-order valence-electron chi connectivity index (χ1n) is 5.12. The van der Waals surface area contributed by atoms with Crippen LogP contribution in [0.1, 0.15) is 27.2 Å². The molecule has 86 valence electrons. The molecule has 1 rings (SSSR count). The van der Waals surface area contributed by atoms with Crippen LogP contribution >= 0.6 is 11.8 Å². The highest BCUT2D eigenvalue weighted by Gasteiger charge is 2.12. The number of nitrogens with two attached hydrogens (primary N) is 1. The second-order valence-electron chi connectivity index (χ2n) is 3.70. The van der Waals surface area contributed by atoms with Crippen LogP contribution in [0.3, 0.4) is 0 Å². The Kier molecular flexibility index (Phi) is 4.41. The fourth-order valence-corrected chi connectivity index (χ4v) is 2.62. The highest BCUT2D eigenvalue weighted by Crippen LogP contribution is 2.22. The van der Waals surface area contributed by atoms with Crippen LogP contribution in [0.15, 0.2) is 9.95 Å². The Morgan fingerprint density at radius 2 is 2.27 bits per heavy atom. The van der Waals surface area contributed by atoms with E-state index in [9.17, 15) is 4.79 Å². The summed E-state index contributed by atoms with van der Waals surface area (Å²) in [5, 5.41) is 7.55. The van der Waals surface area contributed by atoms with Gasteiger partial charge in [-0.15, -0.1) is 5.10 Å². The lowest BCUT2D eigenvalue weighted by Gasteiger charge is -2.12. The van der Waals surface area contributed by atoms with Gasteiger partial charge < -0.3 is 5.73 Å². The predicted molar refractivity (Wildman–Crippen MR) is 62.1 cm³/mol. The molecule has 0 saturated heterocycles. The second kappa shape index (κ2) is 5.37. The van der Waals surface area contributed by atoms with Gasteiger partial charge in [0.25, 0.3) is 0 Å². The number of nitrogens with one attached hydrogen (secondary N) is 1. The third-order valence-corrected chi connectivity index (χ3v) is 3.17. The third-order valence-electron chi connectivity index (χ3n) is 2.05. The number of rotatable bonds is 5. The molecule has 0 spiro atoms. The monoisotopic (exact) mass is 230 g/mol. The van der Waals surface area contributed by atoms with Crippen LogP contribution in [0.2, 0.25) is 0 Å². The minimum Gasteiger partial charge on any atom is -0.328 e. The normalized spacial score (nSPS) is 15.2. The summed E-state index contributed by atoms with van der Waals surface area (Å²) in [6.07, 6.45) is 0.912. The molecule has 15 heavy (non-hydrogen) atoms. The van der Waals surface area contributed by atoms with Crippen LogP contribution in [-0.4, -0.2) is 26.1 Å². The number of aromatic amines is 1. The van der Waals surface area contributed by atoms with Crippen molar-refractivity contribution < 1.29 is 0 Å². The fourth-order valence-electron chi connectivity index (χ4n) is 1.42. The lowest BCUT2D eigenvalue weighted by molar-refractivity contribution is 0.643. The van der Waals surface area contributed by atoms with Gasteiger partial charge in [-0.3, -0.25) is 4.57 Å². The largest absolute Gasteiger partial charge is 0.343 e.